The second-order valence-electron chi connectivity index (χ2n) is 8.96. The Bertz CT molecular complexity index is 1300. The van der Waals surface area contributed by atoms with Crippen molar-refractivity contribution in [3.05, 3.63) is 101 Å². The largest absolute Gasteiger partial charge is 0.489 e. The lowest BCUT2D eigenvalue weighted by atomic mass is 10.0. The van der Waals surface area contributed by atoms with Crippen molar-refractivity contribution in [3.63, 3.8) is 0 Å². The predicted octanol–water partition coefficient (Wildman–Crippen LogP) is 6.57. The van der Waals surface area contributed by atoms with Crippen LogP contribution in [-0.2, 0) is 26.1 Å². The molecule has 4 nitrogen and oxygen atoms in total. The minimum absolute atomic E-state index is 0.542. The Labute approximate surface area is 201 Å². The van der Waals surface area contributed by atoms with Crippen LogP contribution in [0.25, 0.3) is 16.5 Å². The van der Waals surface area contributed by atoms with E-state index < -0.39 is 0 Å². The van der Waals surface area contributed by atoms with Crippen molar-refractivity contribution in [2.75, 3.05) is 6.54 Å². The lowest BCUT2D eigenvalue weighted by molar-refractivity contribution is 0.303. The first-order chi connectivity index (χ1) is 16.7. The molecule has 4 heteroatoms. The highest BCUT2D eigenvalue weighted by molar-refractivity contribution is 5.84. The summed E-state index contributed by atoms with van der Waals surface area (Å²) in [5, 5.41) is 1.25. The molecule has 0 amide bonds. The van der Waals surface area contributed by atoms with Crippen molar-refractivity contribution in [1.29, 1.82) is 0 Å². The summed E-state index contributed by atoms with van der Waals surface area (Å²) in [7, 11) is 0. The molecule has 3 N–H and O–H groups in total. The van der Waals surface area contributed by atoms with Crippen LogP contribution < -0.4 is 15.2 Å². The van der Waals surface area contributed by atoms with Crippen LogP contribution >= 0.6 is 0 Å². The minimum Gasteiger partial charge on any atom is -0.489 e. The molecule has 0 saturated heterocycles. The van der Waals surface area contributed by atoms with Gasteiger partial charge in [-0.15, -0.1) is 0 Å². The van der Waals surface area contributed by atoms with Crippen molar-refractivity contribution in [3.8, 4) is 11.5 Å². The van der Waals surface area contributed by atoms with Crippen LogP contribution in [0.3, 0.4) is 0 Å². The average Bonchev–Trinajstić information content (AvgIpc) is 3.46. The Morgan fingerprint density at radius 2 is 1.56 bits per heavy atom. The van der Waals surface area contributed by atoms with Crippen molar-refractivity contribution in [1.82, 2.24) is 4.98 Å². The van der Waals surface area contributed by atoms with Crippen molar-refractivity contribution < 1.29 is 9.47 Å². The molecule has 4 aromatic rings. The first kappa shape index (κ1) is 22.3. The van der Waals surface area contributed by atoms with Gasteiger partial charge in [-0.3, -0.25) is 0 Å². The Hall–Kier alpha value is -3.50. The van der Waals surface area contributed by atoms with Gasteiger partial charge in [-0.2, -0.15) is 0 Å². The fraction of sp³-hybridized carbons (Fsp3) is 0.267. The number of nitrogens with two attached hydrogens (primary N) is 1. The lowest BCUT2D eigenvalue weighted by Gasteiger charge is -2.11. The number of aromatic nitrogens is 1. The second-order valence-corrected chi connectivity index (χ2v) is 8.96. The summed E-state index contributed by atoms with van der Waals surface area (Å²) in [6.45, 7) is 3.96. The maximum absolute atomic E-state index is 6.09. The number of ether oxygens (including phenoxy) is 2. The fourth-order valence-corrected chi connectivity index (χ4v) is 4.65. The normalized spacial score (nSPS) is 12.6. The molecule has 0 aliphatic heterocycles. The van der Waals surface area contributed by atoms with Gasteiger partial charge < -0.3 is 20.2 Å². The summed E-state index contributed by atoms with van der Waals surface area (Å²) in [5.74, 6) is 1.80. The Morgan fingerprint density at radius 1 is 0.853 bits per heavy atom. The number of hydrogen-bond donors (Lipinski definition) is 2. The molecule has 5 rings (SSSR count). The quantitative estimate of drug-likeness (QED) is 0.286. The Morgan fingerprint density at radius 3 is 2.26 bits per heavy atom. The molecule has 1 aliphatic carbocycles. The molecule has 174 valence electrons. The Kier molecular flexibility index (Phi) is 6.68. The second kappa shape index (κ2) is 10.2. The number of benzene rings is 3. The van der Waals surface area contributed by atoms with E-state index in [1.807, 2.05) is 6.07 Å². The third-order valence-corrected chi connectivity index (χ3v) is 6.50. The molecular weight excluding hydrogens is 420 g/mol. The summed E-state index contributed by atoms with van der Waals surface area (Å²) >= 11 is 0. The highest BCUT2D eigenvalue weighted by Gasteiger charge is 2.14. The van der Waals surface area contributed by atoms with E-state index in [1.165, 1.54) is 27.6 Å². The van der Waals surface area contributed by atoms with Crippen LogP contribution in [0.15, 0.2) is 72.9 Å². The van der Waals surface area contributed by atoms with Gasteiger partial charge in [0.05, 0.1) is 0 Å². The summed E-state index contributed by atoms with van der Waals surface area (Å²) in [4.78, 5) is 3.35. The Balaban J connectivity index is 1.17. The van der Waals surface area contributed by atoms with Gasteiger partial charge in [-0.1, -0.05) is 49.8 Å². The SMILES string of the molecule is CCCc1c[nH]c2ccc(OCc3ccc(COc4ccc5c(c4)C(CCN)=CC5)cc3)cc12. The average molecular weight is 453 g/mol. The minimum atomic E-state index is 0.542. The molecular formula is C30H32N2O2. The summed E-state index contributed by atoms with van der Waals surface area (Å²) in [5.41, 5.74) is 14.5. The number of fused-ring (bicyclic) bond motifs is 2. The smallest absolute Gasteiger partial charge is 0.120 e. The molecule has 0 saturated carbocycles. The van der Waals surface area contributed by atoms with Gasteiger partial charge in [-0.25, -0.2) is 0 Å². The highest BCUT2D eigenvalue weighted by atomic mass is 16.5. The van der Waals surface area contributed by atoms with E-state index in [4.69, 9.17) is 15.2 Å². The summed E-state index contributed by atoms with van der Waals surface area (Å²) in [6, 6.07) is 21.1. The third-order valence-electron chi connectivity index (χ3n) is 6.50. The van der Waals surface area contributed by atoms with Gasteiger partial charge >= 0.3 is 0 Å². The molecule has 34 heavy (non-hydrogen) atoms. The first-order valence-corrected chi connectivity index (χ1v) is 12.2. The molecule has 1 heterocycles. The molecule has 0 unspecified atom stereocenters. The van der Waals surface area contributed by atoms with Crippen LogP contribution in [-0.4, -0.2) is 11.5 Å². The van der Waals surface area contributed by atoms with Crippen molar-refractivity contribution >= 4 is 16.5 Å². The zero-order chi connectivity index (χ0) is 23.3. The maximum Gasteiger partial charge on any atom is 0.120 e. The zero-order valence-electron chi connectivity index (χ0n) is 19.8. The van der Waals surface area contributed by atoms with Gasteiger partial charge in [0.25, 0.3) is 0 Å². The third kappa shape index (κ3) is 4.87. The fourth-order valence-electron chi connectivity index (χ4n) is 4.65. The molecule has 0 bridgehead atoms. The van der Waals surface area contributed by atoms with Gasteiger partial charge in [0.2, 0.25) is 0 Å². The maximum atomic E-state index is 6.09. The summed E-state index contributed by atoms with van der Waals surface area (Å²) < 4.78 is 12.2. The van der Waals surface area contributed by atoms with Crippen molar-refractivity contribution in [2.45, 2.75) is 45.8 Å². The van der Waals surface area contributed by atoms with Crippen LogP contribution in [0.1, 0.15) is 47.6 Å². The number of nitrogens with one attached hydrogen (secondary N) is 1. The molecule has 3 aromatic carbocycles. The number of aromatic amines is 1. The van der Waals surface area contributed by atoms with Crippen LogP contribution in [0.4, 0.5) is 0 Å². The number of aryl methyl sites for hydroxylation is 1. The van der Waals surface area contributed by atoms with E-state index in [0.29, 0.717) is 19.8 Å². The van der Waals surface area contributed by atoms with E-state index in [2.05, 4.69) is 78.8 Å². The van der Waals surface area contributed by atoms with Gasteiger partial charge in [0.1, 0.15) is 24.7 Å². The van der Waals surface area contributed by atoms with E-state index in [9.17, 15) is 0 Å². The molecule has 0 radical (unpaired) electrons. The monoisotopic (exact) mass is 452 g/mol. The van der Waals surface area contributed by atoms with Gasteiger partial charge in [0.15, 0.2) is 0 Å². The van der Waals surface area contributed by atoms with Crippen LogP contribution in [0, 0.1) is 0 Å². The number of H-pyrrole nitrogens is 1. The number of rotatable bonds is 10. The van der Waals surface area contributed by atoms with Gasteiger partial charge in [-0.05, 0) is 89.5 Å². The van der Waals surface area contributed by atoms with E-state index in [1.54, 1.807) is 0 Å². The topological polar surface area (TPSA) is 60.3 Å². The standard InChI is InChI=1S/C30H32N2O2/c1-2-3-25-18-32-30-13-12-27(17-29(25)30)34-20-22-6-4-21(5-7-22)19-33-26-11-10-23-8-9-24(14-15-31)28(23)16-26/h4-7,9-13,16-18,32H,2-3,8,14-15,19-20,31H2,1H3. The molecule has 1 aromatic heterocycles. The highest BCUT2D eigenvalue weighted by Crippen LogP contribution is 2.32. The van der Waals surface area contributed by atoms with E-state index in [0.717, 1.165) is 53.8 Å². The molecule has 0 spiro atoms. The molecule has 1 aliphatic rings. The first-order valence-electron chi connectivity index (χ1n) is 12.2. The molecule has 0 fully saturated rings. The lowest BCUT2D eigenvalue weighted by Crippen LogP contribution is -2.00. The van der Waals surface area contributed by atoms with E-state index >= 15 is 0 Å². The van der Waals surface area contributed by atoms with Crippen LogP contribution in [0.2, 0.25) is 0 Å². The number of hydrogen-bond acceptors (Lipinski definition) is 3. The van der Waals surface area contributed by atoms with Crippen LogP contribution in [0.5, 0.6) is 11.5 Å². The number of allylic oxidation sites excluding steroid dienone is 1. The zero-order valence-corrected chi connectivity index (χ0v) is 19.8. The predicted molar refractivity (Wildman–Crippen MR) is 139 cm³/mol. The molecule has 0 atom stereocenters. The van der Waals surface area contributed by atoms with E-state index in [-0.39, 0.29) is 0 Å². The van der Waals surface area contributed by atoms with Gasteiger partial charge in [0, 0.05) is 17.1 Å². The summed E-state index contributed by atoms with van der Waals surface area (Å²) in [6.07, 6.45) is 8.50. The van der Waals surface area contributed by atoms with Crippen molar-refractivity contribution in [2.24, 2.45) is 5.73 Å².